The molecule has 1 amide bonds. The summed E-state index contributed by atoms with van der Waals surface area (Å²) in [6, 6.07) is 10.6. The van der Waals surface area contributed by atoms with E-state index in [1.807, 2.05) is 37.4 Å². The number of likely N-dealkylation sites (tertiary alicyclic amines) is 1. The van der Waals surface area contributed by atoms with Crippen molar-refractivity contribution in [2.24, 2.45) is 11.7 Å². The molecule has 2 fully saturated rings. The lowest BCUT2D eigenvalue weighted by atomic mass is 9.85. The second kappa shape index (κ2) is 5.78. The standard InChI is InChI=1S/C17H25N3O/c1-19-17(16(18)21,14-5-3-2-4-6-14)9-10-20-12-13-7-8-15(20)11-13/h2-6,13,15,19H,7-12H2,1H3,(H2,18,21). The quantitative estimate of drug-likeness (QED) is 0.833. The molecule has 0 aromatic heterocycles. The van der Waals surface area contributed by atoms with Crippen molar-refractivity contribution in [2.45, 2.75) is 37.3 Å². The molecule has 2 aliphatic rings. The lowest BCUT2D eigenvalue weighted by Crippen LogP contribution is -2.53. The average molecular weight is 287 g/mol. The Morgan fingerprint density at radius 2 is 2.14 bits per heavy atom. The topological polar surface area (TPSA) is 58.4 Å². The SMILES string of the molecule is CNC(CCN1CC2CCC1C2)(C(N)=O)c1ccccc1. The Hall–Kier alpha value is -1.39. The van der Waals surface area contributed by atoms with Gasteiger partial charge in [0.2, 0.25) is 5.91 Å². The Labute approximate surface area is 126 Å². The predicted molar refractivity (Wildman–Crippen MR) is 83.7 cm³/mol. The van der Waals surface area contributed by atoms with Crippen LogP contribution in [-0.2, 0) is 10.3 Å². The molecule has 4 heteroatoms. The molecule has 21 heavy (non-hydrogen) atoms. The zero-order valence-corrected chi connectivity index (χ0v) is 12.7. The molecule has 1 heterocycles. The molecule has 1 aliphatic carbocycles. The number of fused-ring (bicyclic) bond motifs is 2. The van der Waals surface area contributed by atoms with Gasteiger partial charge in [-0.1, -0.05) is 30.3 Å². The number of likely N-dealkylation sites (N-methyl/N-ethyl adjacent to an activating group) is 1. The number of nitrogens with two attached hydrogens (primary N) is 1. The van der Waals surface area contributed by atoms with Crippen LogP contribution in [0.4, 0.5) is 0 Å². The summed E-state index contributed by atoms with van der Waals surface area (Å²) < 4.78 is 0. The van der Waals surface area contributed by atoms with E-state index < -0.39 is 5.54 Å². The fourth-order valence-corrected chi connectivity index (χ4v) is 4.14. The van der Waals surface area contributed by atoms with Crippen molar-refractivity contribution in [1.82, 2.24) is 10.2 Å². The van der Waals surface area contributed by atoms with Crippen LogP contribution in [-0.4, -0.2) is 37.0 Å². The van der Waals surface area contributed by atoms with Crippen LogP contribution in [0.25, 0.3) is 0 Å². The Morgan fingerprint density at radius 1 is 1.38 bits per heavy atom. The molecule has 1 aliphatic heterocycles. The summed E-state index contributed by atoms with van der Waals surface area (Å²) in [5, 5.41) is 3.20. The highest BCUT2D eigenvalue weighted by molar-refractivity contribution is 5.86. The van der Waals surface area contributed by atoms with Gasteiger partial charge < -0.3 is 16.0 Å². The van der Waals surface area contributed by atoms with Gasteiger partial charge in [-0.05, 0) is 44.2 Å². The summed E-state index contributed by atoms with van der Waals surface area (Å²) in [6.07, 6.45) is 4.77. The highest BCUT2D eigenvalue weighted by Gasteiger charge is 2.41. The third-order valence-electron chi connectivity index (χ3n) is 5.41. The van der Waals surface area contributed by atoms with Crippen molar-refractivity contribution >= 4 is 5.91 Å². The molecule has 1 saturated heterocycles. The van der Waals surface area contributed by atoms with Gasteiger partial charge >= 0.3 is 0 Å². The van der Waals surface area contributed by atoms with Crippen molar-refractivity contribution in [1.29, 1.82) is 0 Å². The van der Waals surface area contributed by atoms with Crippen LogP contribution in [0.3, 0.4) is 0 Å². The number of benzene rings is 1. The first-order valence-corrected chi connectivity index (χ1v) is 7.94. The lowest BCUT2D eigenvalue weighted by Gasteiger charge is -2.35. The molecule has 3 rings (SSSR count). The molecule has 3 N–H and O–H groups in total. The average Bonchev–Trinajstić information content (AvgIpc) is 3.12. The Bertz CT molecular complexity index is 504. The minimum Gasteiger partial charge on any atom is -0.368 e. The number of carbonyl (C=O) groups excluding carboxylic acids is 1. The molecule has 2 bridgehead atoms. The largest absolute Gasteiger partial charge is 0.368 e. The Kier molecular flexibility index (Phi) is 4.00. The number of piperidine rings is 1. The van der Waals surface area contributed by atoms with E-state index >= 15 is 0 Å². The maximum Gasteiger partial charge on any atom is 0.242 e. The van der Waals surface area contributed by atoms with Crippen LogP contribution in [0, 0.1) is 5.92 Å². The number of hydrogen-bond acceptors (Lipinski definition) is 3. The maximum atomic E-state index is 12.2. The molecule has 3 atom stereocenters. The van der Waals surface area contributed by atoms with Crippen LogP contribution < -0.4 is 11.1 Å². The van der Waals surface area contributed by atoms with E-state index in [4.69, 9.17) is 5.73 Å². The van der Waals surface area contributed by atoms with Crippen molar-refractivity contribution in [3.8, 4) is 0 Å². The van der Waals surface area contributed by atoms with Crippen LogP contribution in [0.5, 0.6) is 0 Å². The fraction of sp³-hybridized carbons (Fsp3) is 0.588. The van der Waals surface area contributed by atoms with E-state index in [1.165, 1.54) is 25.8 Å². The molecule has 0 spiro atoms. The van der Waals surface area contributed by atoms with Gasteiger partial charge in [0.1, 0.15) is 5.54 Å². The molecule has 3 unspecified atom stereocenters. The van der Waals surface area contributed by atoms with Gasteiger partial charge in [-0.3, -0.25) is 4.79 Å². The second-order valence-electron chi connectivity index (χ2n) is 6.46. The third kappa shape index (κ3) is 2.58. The number of carbonyl (C=O) groups is 1. The van der Waals surface area contributed by atoms with Gasteiger partial charge in [-0.15, -0.1) is 0 Å². The van der Waals surface area contributed by atoms with Gasteiger partial charge in [0, 0.05) is 19.1 Å². The van der Waals surface area contributed by atoms with Crippen LogP contribution in [0.1, 0.15) is 31.2 Å². The van der Waals surface area contributed by atoms with E-state index in [9.17, 15) is 4.79 Å². The number of nitrogens with one attached hydrogen (secondary N) is 1. The highest BCUT2D eigenvalue weighted by Crippen LogP contribution is 2.38. The van der Waals surface area contributed by atoms with Gasteiger partial charge in [0.15, 0.2) is 0 Å². The van der Waals surface area contributed by atoms with Crippen molar-refractivity contribution < 1.29 is 4.79 Å². The number of hydrogen-bond donors (Lipinski definition) is 2. The van der Waals surface area contributed by atoms with E-state index in [2.05, 4.69) is 10.2 Å². The first-order chi connectivity index (χ1) is 10.2. The number of nitrogens with zero attached hydrogens (tertiary/aromatic N) is 1. The minimum absolute atomic E-state index is 0.291. The normalized spacial score (nSPS) is 27.7. The Balaban J connectivity index is 1.75. The zero-order valence-electron chi connectivity index (χ0n) is 12.7. The number of amides is 1. The molecule has 1 saturated carbocycles. The number of rotatable bonds is 6. The first-order valence-electron chi connectivity index (χ1n) is 7.94. The predicted octanol–water partition coefficient (Wildman–Crippen LogP) is 1.46. The second-order valence-corrected chi connectivity index (χ2v) is 6.46. The minimum atomic E-state index is -0.761. The molecule has 114 valence electrons. The summed E-state index contributed by atoms with van der Waals surface area (Å²) in [5.74, 6) is 0.588. The van der Waals surface area contributed by atoms with Gasteiger partial charge in [-0.2, -0.15) is 0 Å². The van der Waals surface area contributed by atoms with E-state index in [0.29, 0.717) is 0 Å². The highest BCUT2D eigenvalue weighted by atomic mass is 16.1. The van der Waals surface area contributed by atoms with Gasteiger partial charge in [-0.25, -0.2) is 0 Å². The molecule has 4 nitrogen and oxygen atoms in total. The van der Waals surface area contributed by atoms with Crippen LogP contribution in [0.15, 0.2) is 30.3 Å². The lowest BCUT2D eigenvalue weighted by molar-refractivity contribution is -0.125. The monoisotopic (exact) mass is 287 g/mol. The molecule has 1 aromatic carbocycles. The van der Waals surface area contributed by atoms with E-state index in [0.717, 1.165) is 30.5 Å². The molecule has 0 radical (unpaired) electrons. The summed E-state index contributed by atoms with van der Waals surface area (Å²) in [7, 11) is 1.83. The molecule has 1 aromatic rings. The molecular weight excluding hydrogens is 262 g/mol. The summed E-state index contributed by atoms with van der Waals surface area (Å²) >= 11 is 0. The smallest absolute Gasteiger partial charge is 0.242 e. The van der Waals surface area contributed by atoms with Gasteiger partial charge in [0.05, 0.1) is 0 Å². The zero-order chi connectivity index (χ0) is 14.9. The third-order valence-corrected chi connectivity index (χ3v) is 5.41. The summed E-state index contributed by atoms with van der Waals surface area (Å²) in [6.45, 7) is 2.12. The van der Waals surface area contributed by atoms with Crippen molar-refractivity contribution in [2.75, 3.05) is 20.1 Å². The molecular formula is C17H25N3O. The van der Waals surface area contributed by atoms with E-state index in [-0.39, 0.29) is 5.91 Å². The van der Waals surface area contributed by atoms with Crippen molar-refractivity contribution in [3.05, 3.63) is 35.9 Å². The summed E-state index contributed by atoms with van der Waals surface area (Å²) in [5.41, 5.74) is 5.96. The van der Waals surface area contributed by atoms with Crippen molar-refractivity contribution in [3.63, 3.8) is 0 Å². The van der Waals surface area contributed by atoms with Gasteiger partial charge in [0.25, 0.3) is 0 Å². The van der Waals surface area contributed by atoms with Crippen LogP contribution >= 0.6 is 0 Å². The fourth-order valence-electron chi connectivity index (χ4n) is 4.14. The maximum absolute atomic E-state index is 12.2. The first kappa shape index (κ1) is 14.5. The number of primary amides is 1. The van der Waals surface area contributed by atoms with E-state index in [1.54, 1.807) is 0 Å². The Morgan fingerprint density at radius 3 is 2.67 bits per heavy atom. The summed E-state index contributed by atoms with van der Waals surface area (Å²) in [4.78, 5) is 14.7. The van der Waals surface area contributed by atoms with Crippen LogP contribution in [0.2, 0.25) is 0 Å².